The zero-order valence-corrected chi connectivity index (χ0v) is 20.2. The van der Waals surface area contributed by atoms with Crippen molar-refractivity contribution >= 4 is 47.6 Å². The number of nitrogens with one attached hydrogen (secondary N) is 3. The van der Waals surface area contributed by atoms with Gasteiger partial charge in [0.2, 0.25) is 5.91 Å². The molecule has 1 saturated heterocycles. The number of guanidine groups is 1. The van der Waals surface area contributed by atoms with Crippen molar-refractivity contribution in [3.63, 3.8) is 0 Å². The highest BCUT2D eigenvalue weighted by molar-refractivity contribution is 14.0. The molecule has 30 heavy (non-hydrogen) atoms. The van der Waals surface area contributed by atoms with Crippen molar-refractivity contribution in [2.75, 3.05) is 31.5 Å². The van der Waals surface area contributed by atoms with E-state index in [1.165, 1.54) is 0 Å². The molecule has 164 valence electrons. The van der Waals surface area contributed by atoms with Crippen molar-refractivity contribution in [3.05, 3.63) is 29.8 Å². The molecule has 2 rings (SSSR count). The number of ether oxygens (including phenoxy) is 1. The van der Waals surface area contributed by atoms with Crippen LogP contribution in [0.3, 0.4) is 0 Å². The number of anilines is 1. The topological polar surface area (TPSA) is 95.1 Å². The molecule has 9 heteroatoms. The van der Waals surface area contributed by atoms with E-state index in [4.69, 9.17) is 11.2 Å². The van der Waals surface area contributed by atoms with Crippen LogP contribution in [0.4, 0.5) is 10.5 Å². The van der Waals surface area contributed by atoms with Crippen LogP contribution in [-0.2, 0) is 9.53 Å². The third kappa shape index (κ3) is 8.49. The fourth-order valence-corrected chi connectivity index (χ4v) is 2.60. The summed E-state index contributed by atoms with van der Waals surface area (Å²) < 4.78 is 5.34. The summed E-state index contributed by atoms with van der Waals surface area (Å²) >= 11 is 0. The van der Waals surface area contributed by atoms with E-state index in [0.717, 1.165) is 0 Å². The molecule has 3 N–H and O–H groups in total. The Bertz CT molecular complexity index is 808. The molecular formula is C21H30IN5O3. The molecule has 1 heterocycles. The Hall–Kier alpha value is -2.48. The van der Waals surface area contributed by atoms with E-state index in [1.54, 1.807) is 29.2 Å². The lowest BCUT2D eigenvalue weighted by Gasteiger charge is -2.40. The second-order valence-electron chi connectivity index (χ2n) is 7.70. The quantitative estimate of drug-likeness (QED) is 0.237. The normalized spacial score (nSPS) is 14.0. The minimum absolute atomic E-state index is 0. The molecule has 0 atom stereocenters. The summed E-state index contributed by atoms with van der Waals surface area (Å²) in [6.07, 6.45) is 5.04. The summed E-state index contributed by atoms with van der Waals surface area (Å²) in [5.41, 5.74) is 0.811. The molecule has 2 amide bonds. The minimum atomic E-state index is -0.515. The first kappa shape index (κ1) is 25.6. The third-order valence-electron chi connectivity index (χ3n) is 3.91. The SMILES string of the molecule is C#Cc1cccc(NC(=O)CN=C(NCC)NC2CN(C(=O)OC(C)(C)C)C2)c1.I. The molecule has 0 saturated carbocycles. The van der Waals surface area contributed by atoms with Gasteiger partial charge < -0.3 is 25.6 Å². The minimum Gasteiger partial charge on any atom is -0.444 e. The standard InChI is InChI=1S/C21H29N5O3.HI/c1-6-15-9-8-10-16(11-15)24-18(27)12-23-19(22-7-2)25-17-13-26(14-17)20(28)29-21(3,4)5;/h1,8-11,17H,7,12-14H2,2-5H3,(H,24,27)(H2,22,23,25);1H. The first-order valence-electron chi connectivity index (χ1n) is 9.59. The lowest BCUT2D eigenvalue weighted by atomic mass is 10.1. The van der Waals surface area contributed by atoms with Crippen LogP contribution in [0.15, 0.2) is 29.3 Å². The first-order valence-corrected chi connectivity index (χ1v) is 9.59. The number of terminal acetylenes is 1. The van der Waals surface area contributed by atoms with Crippen LogP contribution < -0.4 is 16.0 Å². The van der Waals surface area contributed by atoms with Crippen LogP contribution in [-0.4, -0.2) is 60.7 Å². The van der Waals surface area contributed by atoms with E-state index in [1.807, 2.05) is 27.7 Å². The fraction of sp³-hybridized carbons (Fsp3) is 0.476. The van der Waals surface area contributed by atoms with Crippen LogP contribution in [0.5, 0.6) is 0 Å². The smallest absolute Gasteiger partial charge is 0.410 e. The van der Waals surface area contributed by atoms with E-state index < -0.39 is 5.60 Å². The van der Waals surface area contributed by atoms with Crippen molar-refractivity contribution in [2.24, 2.45) is 4.99 Å². The van der Waals surface area contributed by atoms with Crippen LogP contribution in [0, 0.1) is 12.3 Å². The number of nitrogens with zero attached hydrogens (tertiary/aromatic N) is 2. The van der Waals surface area contributed by atoms with Gasteiger partial charge in [-0.1, -0.05) is 12.0 Å². The number of amides is 2. The second kappa shape index (κ2) is 11.6. The lowest BCUT2D eigenvalue weighted by Crippen LogP contribution is -2.63. The van der Waals surface area contributed by atoms with Gasteiger partial charge in [0.15, 0.2) is 5.96 Å². The molecule has 0 unspecified atom stereocenters. The Kier molecular flexibility index (Phi) is 9.92. The van der Waals surface area contributed by atoms with Gasteiger partial charge in [-0.3, -0.25) is 4.79 Å². The molecular weight excluding hydrogens is 497 g/mol. The molecule has 1 aliphatic rings. The predicted octanol–water partition coefficient (Wildman–Crippen LogP) is 2.40. The van der Waals surface area contributed by atoms with E-state index in [-0.39, 0.29) is 48.6 Å². The number of aliphatic imine (C=N–C) groups is 1. The highest BCUT2D eigenvalue weighted by Gasteiger charge is 2.34. The molecule has 0 spiro atoms. The van der Waals surface area contributed by atoms with Crippen molar-refractivity contribution in [1.82, 2.24) is 15.5 Å². The average Bonchev–Trinajstić information content (AvgIpc) is 2.60. The van der Waals surface area contributed by atoms with Gasteiger partial charge in [-0.2, -0.15) is 0 Å². The summed E-state index contributed by atoms with van der Waals surface area (Å²) in [5, 5.41) is 9.09. The zero-order chi connectivity index (χ0) is 21.4. The number of likely N-dealkylation sites (tertiary alicyclic amines) is 1. The van der Waals surface area contributed by atoms with Gasteiger partial charge in [-0.25, -0.2) is 9.79 Å². The Morgan fingerprint density at radius 2 is 2.03 bits per heavy atom. The maximum Gasteiger partial charge on any atom is 0.410 e. The zero-order valence-electron chi connectivity index (χ0n) is 17.8. The molecule has 1 aromatic carbocycles. The average molecular weight is 527 g/mol. The second-order valence-corrected chi connectivity index (χ2v) is 7.70. The molecule has 0 bridgehead atoms. The van der Waals surface area contributed by atoms with Gasteiger partial charge in [-0.15, -0.1) is 30.4 Å². The summed E-state index contributed by atoms with van der Waals surface area (Å²) in [7, 11) is 0. The van der Waals surface area contributed by atoms with E-state index in [2.05, 4.69) is 26.9 Å². The summed E-state index contributed by atoms with van der Waals surface area (Å²) in [6, 6.07) is 7.12. The number of hydrogen-bond donors (Lipinski definition) is 3. The van der Waals surface area contributed by atoms with Crippen molar-refractivity contribution in [3.8, 4) is 12.3 Å². The van der Waals surface area contributed by atoms with Gasteiger partial charge in [0.05, 0.1) is 6.04 Å². The summed E-state index contributed by atoms with van der Waals surface area (Å²) in [6.45, 7) is 9.10. The summed E-state index contributed by atoms with van der Waals surface area (Å²) in [5.74, 6) is 2.80. The van der Waals surface area contributed by atoms with Crippen molar-refractivity contribution in [2.45, 2.75) is 39.3 Å². The van der Waals surface area contributed by atoms with Crippen LogP contribution in [0.2, 0.25) is 0 Å². The number of carbonyl (C=O) groups is 2. The third-order valence-corrected chi connectivity index (χ3v) is 3.91. The first-order chi connectivity index (χ1) is 13.7. The van der Waals surface area contributed by atoms with Gasteiger partial charge in [0.25, 0.3) is 0 Å². The highest BCUT2D eigenvalue weighted by Crippen LogP contribution is 2.15. The van der Waals surface area contributed by atoms with Gasteiger partial charge in [0, 0.05) is 30.9 Å². The fourth-order valence-electron chi connectivity index (χ4n) is 2.60. The number of carbonyl (C=O) groups excluding carboxylic acids is 2. The van der Waals surface area contributed by atoms with E-state index in [9.17, 15) is 9.59 Å². The number of hydrogen-bond acceptors (Lipinski definition) is 4. The molecule has 1 aromatic rings. The van der Waals surface area contributed by atoms with Crippen LogP contribution in [0.1, 0.15) is 33.3 Å². The van der Waals surface area contributed by atoms with Gasteiger partial charge in [0.1, 0.15) is 12.1 Å². The van der Waals surface area contributed by atoms with E-state index in [0.29, 0.717) is 36.8 Å². The number of rotatable bonds is 5. The maximum absolute atomic E-state index is 12.2. The van der Waals surface area contributed by atoms with Gasteiger partial charge >= 0.3 is 6.09 Å². The molecule has 1 aliphatic heterocycles. The van der Waals surface area contributed by atoms with E-state index >= 15 is 0 Å². The Balaban J connectivity index is 0.00000450. The van der Waals surface area contributed by atoms with Crippen molar-refractivity contribution < 1.29 is 14.3 Å². The predicted molar refractivity (Wildman–Crippen MR) is 129 cm³/mol. The molecule has 8 nitrogen and oxygen atoms in total. The Morgan fingerprint density at radius 3 is 2.63 bits per heavy atom. The monoisotopic (exact) mass is 527 g/mol. The maximum atomic E-state index is 12.2. The molecule has 1 fully saturated rings. The van der Waals surface area contributed by atoms with Gasteiger partial charge in [-0.05, 0) is 45.9 Å². The molecule has 0 aliphatic carbocycles. The number of halogens is 1. The summed E-state index contributed by atoms with van der Waals surface area (Å²) in [4.78, 5) is 30.1. The number of benzene rings is 1. The van der Waals surface area contributed by atoms with Crippen molar-refractivity contribution in [1.29, 1.82) is 0 Å². The Labute approximate surface area is 195 Å². The largest absolute Gasteiger partial charge is 0.444 e. The lowest BCUT2D eigenvalue weighted by molar-refractivity contribution is -0.114. The van der Waals surface area contributed by atoms with Crippen LogP contribution in [0.25, 0.3) is 0 Å². The highest BCUT2D eigenvalue weighted by atomic mass is 127. The Morgan fingerprint density at radius 1 is 1.33 bits per heavy atom. The molecule has 0 radical (unpaired) electrons. The molecule has 0 aromatic heterocycles. The van der Waals surface area contributed by atoms with Crippen LogP contribution >= 0.6 is 24.0 Å².